The smallest absolute Gasteiger partial charge is 0.267 e. The summed E-state index contributed by atoms with van der Waals surface area (Å²) in [6.07, 6.45) is 0. The summed E-state index contributed by atoms with van der Waals surface area (Å²) in [5, 5.41) is 4.19. The highest BCUT2D eigenvalue weighted by Gasteiger charge is 2.17. The van der Waals surface area contributed by atoms with Crippen LogP contribution >= 0.6 is 22.9 Å². The molecular formula is C20H20ClNO3S. The zero-order chi connectivity index (χ0) is 18.7. The normalized spacial score (nSPS) is 11.0. The summed E-state index contributed by atoms with van der Waals surface area (Å²) >= 11 is 7.75. The summed E-state index contributed by atoms with van der Waals surface area (Å²) in [6, 6.07) is 12.9. The van der Waals surface area contributed by atoms with Crippen LogP contribution in [0.4, 0.5) is 5.69 Å². The lowest BCUT2D eigenvalue weighted by atomic mass is 10.2. The molecule has 0 radical (unpaired) electrons. The summed E-state index contributed by atoms with van der Waals surface area (Å²) < 4.78 is 11.8. The van der Waals surface area contributed by atoms with Crippen molar-refractivity contribution in [2.75, 3.05) is 19.0 Å². The van der Waals surface area contributed by atoms with Crippen LogP contribution in [0, 0.1) is 5.92 Å². The summed E-state index contributed by atoms with van der Waals surface area (Å²) in [7, 11) is 1.61. The minimum atomic E-state index is -0.231. The fourth-order valence-corrected chi connectivity index (χ4v) is 3.84. The predicted molar refractivity (Wildman–Crippen MR) is 108 cm³/mol. The number of amides is 1. The quantitative estimate of drug-likeness (QED) is 0.575. The van der Waals surface area contributed by atoms with Crippen molar-refractivity contribution in [1.29, 1.82) is 0 Å². The number of carbonyl (C=O) groups excluding carboxylic acids is 1. The Morgan fingerprint density at radius 1 is 1.15 bits per heavy atom. The Balaban J connectivity index is 1.75. The van der Waals surface area contributed by atoms with Gasteiger partial charge in [-0.3, -0.25) is 4.79 Å². The fourth-order valence-electron chi connectivity index (χ4n) is 2.40. The number of hydrogen-bond donors (Lipinski definition) is 1. The molecule has 0 aliphatic heterocycles. The summed E-state index contributed by atoms with van der Waals surface area (Å²) in [5.41, 5.74) is 0.693. The molecule has 1 amide bonds. The van der Waals surface area contributed by atoms with E-state index in [-0.39, 0.29) is 5.91 Å². The lowest BCUT2D eigenvalue weighted by molar-refractivity contribution is 0.103. The van der Waals surface area contributed by atoms with Crippen molar-refractivity contribution in [3.05, 3.63) is 52.4 Å². The molecule has 6 heteroatoms. The largest absolute Gasteiger partial charge is 0.497 e. The van der Waals surface area contributed by atoms with Gasteiger partial charge in [0.2, 0.25) is 0 Å². The molecule has 136 valence electrons. The summed E-state index contributed by atoms with van der Waals surface area (Å²) in [6.45, 7) is 4.85. The van der Waals surface area contributed by atoms with Crippen LogP contribution < -0.4 is 14.8 Å². The van der Waals surface area contributed by atoms with Gasteiger partial charge in [0.15, 0.2) is 0 Å². The molecule has 1 N–H and O–H groups in total. The number of nitrogens with one attached hydrogen (secondary N) is 1. The van der Waals surface area contributed by atoms with Gasteiger partial charge in [-0.1, -0.05) is 25.4 Å². The Bertz CT molecular complexity index is 919. The van der Waals surface area contributed by atoms with Gasteiger partial charge < -0.3 is 14.8 Å². The molecule has 26 heavy (non-hydrogen) atoms. The molecule has 2 aromatic carbocycles. The minimum absolute atomic E-state index is 0.231. The number of halogens is 1. The van der Waals surface area contributed by atoms with E-state index in [1.165, 1.54) is 11.3 Å². The Morgan fingerprint density at radius 2 is 1.85 bits per heavy atom. The Labute approximate surface area is 161 Å². The molecular weight excluding hydrogens is 370 g/mol. The first kappa shape index (κ1) is 18.5. The average Bonchev–Trinajstić information content (AvgIpc) is 2.97. The molecule has 0 saturated carbocycles. The van der Waals surface area contributed by atoms with Crippen LogP contribution in [0.1, 0.15) is 23.5 Å². The van der Waals surface area contributed by atoms with E-state index in [1.54, 1.807) is 7.11 Å². The van der Waals surface area contributed by atoms with Gasteiger partial charge in [-0.15, -0.1) is 11.3 Å². The molecule has 0 aliphatic carbocycles. The molecule has 0 bridgehead atoms. The molecule has 3 rings (SSSR count). The highest BCUT2D eigenvalue weighted by atomic mass is 35.5. The number of anilines is 1. The van der Waals surface area contributed by atoms with Gasteiger partial charge in [-0.25, -0.2) is 0 Å². The van der Waals surface area contributed by atoms with Crippen LogP contribution in [0.2, 0.25) is 5.02 Å². The number of methoxy groups -OCH3 is 1. The zero-order valence-electron chi connectivity index (χ0n) is 14.8. The lowest BCUT2D eigenvalue weighted by Gasteiger charge is -2.09. The fraction of sp³-hybridized carbons (Fsp3) is 0.250. The number of benzene rings is 2. The highest BCUT2D eigenvalue weighted by molar-refractivity contribution is 7.21. The Hall–Kier alpha value is -2.24. The molecule has 1 aromatic heterocycles. The molecule has 0 spiro atoms. The van der Waals surface area contributed by atoms with Crippen LogP contribution in [0.3, 0.4) is 0 Å². The topological polar surface area (TPSA) is 47.6 Å². The van der Waals surface area contributed by atoms with E-state index in [0.717, 1.165) is 21.6 Å². The number of thiophene rings is 1. The second kappa shape index (κ2) is 7.98. The summed E-state index contributed by atoms with van der Waals surface area (Å²) in [4.78, 5) is 13.1. The summed E-state index contributed by atoms with van der Waals surface area (Å²) in [5.74, 6) is 1.75. The van der Waals surface area contributed by atoms with Crippen molar-refractivity contribution in [2.24, 2.45) is 5.92 Å². The molecule has 1 heterocycles. The van der Waals surface area contributed by atoms with Crippen molar-refractivity contribution >= 4 is 44.6 Å². The van der Waals surface area contributed by atoms with E-state index in [9.17, 15) is 4.79 Å². The van der Waals surface area contributed by atoms with Crippen molar-refractivity contribution < 1.29 is 14.3 Å². The molecule has 0 aliphatic rings. The maximum absolute atomic E-state index is 12.6. The molecule has 0 saturated heterocycles. The monoisotopic (exact) mass is 389 g/mol. The van der Waals surface area contributed by atoms with Crippen LogP contribution in [-0.4, -0.2) is 19.6 Å². The van der Waals surface area contributed by atoms with E-state index < -0.39 is 0 Å². The molecule has 0 fully saturated rings. The predicted octanol–water partition coefficient (Wildman–Crippen LogP) is 5.85. The Morgan fingerprint density at radius 3 is 2.50 bits per heavy atom. The standard InChI is InChI=1S/C20H20ClNO3S/c1-12(2)11-25-14-6-4-13(5-7-14)22-20(23)19-18(21)16-9-8-15(24-3)10-17(16)26-19/h4-10,12H,11H2,1-3H3,(H,22,23). The van der Waals surface area contributed by atoms with Crippen LogP contribution in [-0.2, 0) is 0 Å². The van der Waals surface area contributed by atoms with Gasteiger partial charge in [0.05, 0.1) is 18.7 Å². The number of ether oxygens (including phenoxy) is 2. The van der Waals surface area contributed by atoms with Crippen LogP contribution in [0.15, 0.2) is 42.5 Å². The first-order valence-electron chi connectivity index (χ1n) is 8.28. The van der Waals surface area contributed by atoms with E-state index in [4.69, 9.17) is 21.1 Å². The van der Waals surface area contributed by atoms with Gasteiger partial charge in [0.25, 0.3) is 5.91 Å². The van der Waals surface area contributed by atoms with Gasteiger partial charge in [0, 0.05) is 15.8 Å². The van der Waals surface area contributed by atoms with E-state index in [2.05, 4.69) is 19.2 Å². The van der Waals surface area contributed by atoms with Crippen LogP contribution in [0.25, 0.3) is 10.1 Å². The van der Waals surface area contributed by atoms with Crippen molar-refractivity contribution in [3.63, 3.8) is 0 Å². The van der Waals surface area contributed by atoms with Gasteiger partial charge in [0.1, 0.15) is 16.4 Å². The van der Waals surface area contributed by atoms with Crippen molar-refractivity contribution in [3.8, 4) is 11.5 Å². The first-order valence-corrected chi connectivity index (χ1v) is 9.47. The van der Waals surface area contributed by atoms with E-state index in [1.807, 2.05) is 42.5 Å². The molecule has 3 aromatic rings. The first-order chi connectivity index (χ1) is 12.5. The zero-order valence-corrected chi connectivity index (χ0v) is 16.4. The lowest BCUT2D eigenvalue weighted by Crippen LogP contribution is -2.10. The third-order valence-corrected chi connectivity index (χ3v) is 5.39. The SMILES string of the molecule is COc1ccc2c(Cl)c(C(=O)Nc3ccc(OCC(C)C)cc3)sc2c1. The second-order valence-electron chi connectivity index (χ2n) is 6.29. The minimum Gasteiger partial charge on any atom is -0.497 e. The average molecular weight is 390 g/mol. The maximum atomic E-state index is 12.6. The number of rotatable bonds is 6. The van der Waals surface area contributed by atoms with Gasteiger partial charge >= 0.3 is 0 Å². The highest BCUT2D eigenvalue weighted by Crippen LogP contribution is 2.37. The van der Waals surface area contributed by atoms with Gasteiger partial charge in [-0.05, 0) is 48.4 Å². The molecule has 0 unspecified atom stereocenters. The number of carbonyl (C=O) groups is 1. The van der Waals surface area contributed by atoms with Crippen molar-refractivity contribution in [2.45, 2.75) is 13.8 Å². The Kier molecular flexibility index (Phi) is 5.69. The molecule has 4 nitrogen and oxygen atoms in total. The van der Waals surface area contributed by atoms with Crippen LogP contribution in [0.5, 0.6) is 11.5 Å². The van der Waals surface area contributed by atoms with Gasteiger partial charge in [-0.2, -0.15) is 0 Å². The third kappa shape index (κ3) is 4.11. The molecule has 0 atom stereocenters. The van der Waals surface area contributed by atoms with E-state index >= 15 is 0 Å². The van der Waals surface area contributed by atoms with E-state index in [0.29, 0.717) is 28.1 Å². The maximum Gasteiger partial charge on any atom is 0.267 e. The second-order valence-corrected chi connectivity index (χ2v) is 7.72. The third-order valence-electron chi connectivity index (χ3n) is 3.74. The number of fused-ring (bicyclic) bond motifs is 1. The number of hydrogen-bond acceptors (Lipinski definition) is 4. The van der Waals surface area contributed by atoms with Crippen molar-refractivity contribution in [1.82, 2.24) is 0 Å².